The van der Waals surface area contributed by atoms with Crippen LogP contribution in [-0.2, 0) is 21.2 Å². The zero-order valence-electron chi connectivity index (χ0n) is 17.4. The SMILES string of the molecule is CN(C)c1ccc(S(=O)(=O)N(C)C)cc1NC(=O)Cc1cnn(-c2ccccc2)c1. The smallest absolute Gasteiger partial charge is 0.242 e. The quantitative estimate of drug-likeness (QED) is 0.626. The van der Waals surface area contributed by atoms with E-state index in [1.807, 2.05) is 49.3 Å². The van der Waals surface area contributed by atoms with Gasteiger partial charge in [0, 0.05) is 34.4 Å². The highest BCUT2D eigenvalue weighted by Gasteiger charge is 2.20. The van der Waals surface area contributed by atoms with E-state index in [1.165, 1.54) is 26.2 Å². The van der Waals surface area contributed by atoms with Crippen LogP contribution in [0.3, 0.4) is 0 Å². The Balaban J connectivity index is 1.81. The lowest BCUT2D eigenvalue weighted by atomic mass is 10.2. The van der Waals surface area contributed by atoms with Gasteiger partial charge in [-0.05, 0) is 35.9 Å². The first-order valence-electron chi connectivity index (χ1n) is 9.31. The number of nitrogens with zero attached hydrogens (tertiary/aromatic N) is 4. The lowest BCUT2D eigenvalue weighted by molar-refractivity contribution is -0.115. The van der Waals surface area contributed by atoms with Gasteiger partial charge < -0.3 is 10.2 Å². The molecule has 9 heteroatoms. The molecule has 0 unspecified atom stereocenters. The maximum Gasteiger partial charge on any atom is 0.242 e. The van der Waals surface area contributed by atoms with Crippen molar-refractivity contribution in [3.63, 3.8) is 0 Å². The fourth-order valence-corrected chi connectivity index (χ4v) is 3.86. The number of rotatable bonds is 7. The van der Waals surface area contributed by atoms with Gasteiger partial charge in [-0.1, -0.05) is 18.2 Å². The van der Waals surface area contributed by atoms with Crippen LogP contribution in [0.25, 0.3) is 5.69 Å². The summed E-state index contributed by atoms with van der Waals surface area (Å²) < 4.78 is 27.8. The largest absolute Gasteiger partial charge is 0.376 e. The first-order chi connectivity index (χ1) is 14.2. The number of benzene rings is 2. The number of hydrogen-bond donors (Lipinski definition) is 1. The Morgan fingerprint density at radius 2 is 1.77 bits per heavy atom. The van der Waals surface area contributed by atoms with Gasteiger partial charge in [0.15, 0.2) is 0 Å². The molecule has 1 aromatic heterocycles. The van der Waals surface area contributed by atoms with E-state index < -0.39 is 10.0 Å². The van der Waals surface area contributed by atoms with Gasteiger partial charge in [-0.2, -0.15) is 5.10 Å². The highest BCUT2D eigenvalue weighted by molar-refractivity contribution is 7.89. The average Bonchev–Trinajstić information content (AvgIpc) is 3.16. The zero-order chi connectivity index (χ0) is 21.9. The molecular weight excluding hydrogens is 402 g/mol. The Morgan fingerprint density at radius 3 is 2.40 bits per heavy atom. The monoisotopic (exact) mass is 427 g/mol. The molecule has 0 atom stereocenters. The maximum atomic E-state index is 12.7. The number of carbonyl (C=O) groups excluding carboxylic acids is 1. The first-order valence-corrected chi connectivity index (χ1v) is 10.7. The van der Waals surface area contributed by atoms with Crippen LogP contribution >= 0.6 is 0 Å². The topological polar surface area (TPSA) is 87.5 Å². The molecule has 2 aromatic carbocycles. The molecule has 1 heterocycles. The summed E-state index contributed by atoms with van der Waals surface area (Å²) in [6, 6.07) is 14.3. The summed E-state index contributed by atoms with van der Waals surface area (Å²) in [7, 11) is 2.98. The molecule has 0 aliphatic carbocycles. The number of anilines is 2. The van der Waals surface area contributed by atoms with Crippen molar-refractivity contribution < 1.29 is 13.2 Å². The number of para-hydroxylation sites is 1. The fourth-order valence-electron chi connectivity index (χ4n) is 2.93. The Labute approximate surface area is 176 Å². The first kappa shape index (κ1) is 21.5. The van der Waals surface area contributed by atoms with Crippen LogP contribution in [0.1, 0.15) is 5.56 Å². The summed E-state index contributed by atoms with van der Waals surface area (Å²) in [5.74, 6) is -0.259. The summed E-state index contributed by atoms with van der Waals surface area (Å²) in [5, 5.41) is 7.14. The van der Waals surface area contributed by atoms with Gasteiger partial charge in [0.05, 0.1) is 34.6 Å². The van der Waals surface area contributed by atoms with Gasteiger partial charge in [-0.15, -0.1) is 0 Å². The maximum absolute atomic E-state index is 12.7. The van der Waals surface area contributed by atoms with Crippen molar-refractivity contribution in [3.05, 3.63) is 66.5 Å². The number of amides is 1. The van der Waals surface area contributed by atoms with E-state index in [0.29, 0.717) is 11.4 Å². The Kier molecular flexibility index (Phi) is 6.23. The summed E-state index contributed by atoms with van der Waals surface area (Å²) >= 11 is 0. The van der Waals surface area contributed by atoms with Gasteiger partial charge in [0.25, 0.3) is 0 Å². The Hall–Kier alpha value is -3.17. The molecule has 8 nitrogen and oxygen atoms in total. The third kappa shape index (κ3) is 4.69. The van der Waals surface area contributed by atoms with Gasteiger partial charge in [-0.25, -0.2) is 17.4 Å². The van der Waals surface area contributed by atoms with Crippen LogP contribution < -0.4 is 10.2 Å². The Bertz CT molecular complexity index is 1140. The molecule has 0 fully saturated rings. The zero-order valence-corrected chi connectivity index (χ0v) is 18.2. The van der Waals surface area contributed by atoms with E-state index in [2.05, 4.69) is 10.4 Å². The lowest BCUT2D eigenvalue weighted by Gasteiger charge is -2.20. The predicted molar refractivity (Wildman–Crippen MR) is 118 cm³/mol. The third-order valence-electron chi connectivity index (χ3n) is 4.52. The van der Waals surface area contributed by atoms with E-state index in [-0.39, 0.29) is 17.2 Å². The summed E-state index contributed by atoms with van der Waals surface area (Å²) in [6.45, 7) is 0. The van der Waals surface area contributed by atoms with Gasteiger partial charge in [-0.3, -0.25) is 4.79 Å². The standard InChI is InChI=1S/C21H25N5O3S/c1-24(2)20-11-10-18(30(28,29)25(3)4)13-19(20)23-21(27)12-16-14-22-26(15-16)17-8-6-5-7-9-17/h5-11,13-15H,12H2,1-4H3,(H,23,27). The normalized spacial score (nSPS) is 11.5. The predicted octanol–water partition coefficient (Wildman–Crippen LogP) is 2.37. The molecule has 0 radical (unpaired) electrons. The molecule has 3 rings (SSSR count). The second-order valence-corrected chi connectivity index (χ2v) is 9.37. The van der Waals surface area contributed by atoms with Crippen molar-refractivity contribution in [3.8, 4) is 5.69 Å². The molecule has 0 aliphatic rings. The van der Waals surface area contributed by atoms with E-state index in [0.717, 1.165) is 15.6 Å². The van der Waals surface area contributed by atoms with Crippen molar-refractivity contribution in [2.75, 3.05) is 38.4 Å². The van der Waals surface area contributed by atoms with Crippen LogP contribution in [0.5, 0.6) is 0 Å². The summed E-state index contributed by atoms with van der Waals surface area (Å²) in [6.07, 6.45) is 3.56. The molecule has 1 N–H and O–H groups in total. The minimum atomic E-state index is -3.61. The number of hydrogen-bond acceptors (Lipinski definition) is 5. The number of aromatic nitrogens is 2. The van der Waals surface area contributed by atoms with E-state index >= 15 is 0 Å². The minimum Gasteiger partial charge on any atom is -0.376 e. The molecule has 158 valence electrons. The second-order valence-electron chi connectivity index (χ2n) is 7.21. The minimum absolute atomic E-state index is 0.115. The fraction of sp³-hybridized carbons (Fsp3) is 0.238. The van der Waals surface area contributed by atoms with Gasteiger partial charge >= 0.3 is 0 Å². The van der Waals surface area contributed by atoms with Crippen LogP contribution in [0.4, 0.5) is 11.4 Å². The highest BCUT2D eigenvalue weighted by Crippen LogP contribution is 2.28. The van der Waals surface area contributed by atoms with E-state index in [4.69, 9.17) is 0 Å². The second kappa shape index (κ2) is 8.68. The molecule has 0 bridgehead atoms. The summed E-state index contributed by atoms with van der Waals surface area (Å²) in [4.78, 5) is 14.6. The number of carbonyl (C=O) groups is 1. The molecular formula is C21H25N5O3S. The van der Waals surface area contributed by atoms with Gasteiger partial charge in [0.2, 0.25) is 15.9 Å². The molecule has 3 aromatic rings. The molecule has 0 spiro atoms. The van der Waals surface area contributed by atoms with Crippen molar-refractivity contribution in [1.82, 2.24) is 14.1 Å². The average molecular weight is 428 g/mol. The van der Waals surface area contributed by atoms with Crippen LogP contribution in [0.15, 0.2) is 65.8 Å². The van der Waals surface area contributed by atoms with E-state index in [9.17, 15) is 13.2 Å². The molecule has 0 saturated carbocycles. The third-order valence-corrected chi connectivity index (χ3v) is 6.34. The van der Waals surface area contributed by atoms with Crippen LogP contribution in [0, 0.1) is 0 Å². The number of sulfonamides is 1. The van der Waals surface area contributed by atoms with Crippen molar-refractivity contribution >= 4 is 27.3 Å². The van der Waals surface area contributed by atoms with Gasteiger partial charge in [0.1, 0.15) is 0 Å². The molecule has 30 heavy (non-hydrogen) atoms. The number of nitrogens with one attached hydrogen (secondary N) is 1. The van der Waals surface area contributed by atoms with Crippen molar-refractivity contribution in [2.24, 2.45) is 0 Å². The molecule has 1 amide bonds. The van der Waals surface area contributed by atoms with Crippen LogP contribution in [-0.4, -0.2) is 56.6 Å². The van der Waals surface area contributed by atoms with Crippen LogP contribution in [0.2, 0.25) is 0 Å². The molecule has 0 saturated heterocycles. The lowest BCUT2D eigenvalue weighted by Crippen LogP contribution is -2.23. The van der Waals surface area contributed by atoms with E-state index in [1.54, 1.807) is 23.1 Å². The molecule has 0 aliphatic heterocycles. The van der Waals surface area contributed by atoms with Crippen molar-refractivity contribution in [2.45, 2.75) is 11.3 Å². The summed E-state index contributed by atoms with van der Waals surface area (Å²) in [5.41, 5.74) is 2.80. The van der Waals surface area contributed by atoms with Crippen molar-refractivity contribution in [1.29, 1.82) is 0 Å². The highest BCUT2D eigenvalue weighted by atomic mass is 32.2. The Morgan fingerprint density at radius 1 is 1.07 bits per heavy atom.